The van der Waals surface area contributed by atoms with Gasteiger partial charge >= 0.3 is 6.03 Å². The first-order valence-electron chi connectivity index (χ1n) is 4.17. The Morgan fingerprint density at radius 1 is 1.36 bits per heavy atom. The monoisotopic (exact) mass is 203 g/mol. The van der Waals surface area contributed by atoms with Crippen LogP contribution in [0.25, 0.3) is 0 Å². The Balaban J connectivity index is 2.32. The molecule has 0 saturated carbocycles. The predicted molar refractivity (Wildman–Crippen MR) is 46.2 cm³/mol. The molecule has 0 radical (unpaired) electrons. The largest absolute Gasteiger partial charge is 0.389 e. The molecule has 0 aromatic heterocycles. The number of hydrogen-bond donors (Lipinski definition) is 4. The Kier molecular flexibility index (Phi) is 3.39. The van der Waals surface area contributed by atoms with E-state index >= 15 is 0 Å². The minimum atomic E-state index is -0.907. The van der Waals surface area contributed by atoms with E-state index in [-0.39, 0.29) is 19.6 Å². The lowest BCUT2D eigenvalue weighted by atomic mass is 10.3. The summed E-state index contributed by atoms with van der Waals surface area (Å²) >= 11 is 0. The van der Waals surface area contributed by atoms with Crippen LogP contribution in [0.1, 0.15) is 0 Å². The molecule has 0 bridgehead atoms. The van der Waals surface area contributed by atoms with Gasteiger partial charge in [-0.3, -0.25) is 15.0 Å². The Morgan fingerprint density at radius 2 is 1.86 bits per heavy atom. The molecule has 2 unspecified atom stereocenters. The van der Waals surface area contributed by atoms with Gasteiger partial charge in [0.05, 0.1) is 18.8 Å². The van der Waals surface area contributed by atoms with Crippen molar-refractivity contribution >= 4 is 11.9 Å². The number of β-amino-alcohol motifs (C(OH)–C–C–N with tert-alkyl or cyclic N) is 2. The van der Waals surface area contributed by atoms with Crippen molar-refractivity contribution in [1.82, 2.24) is 10.2 Å². The van der Waals surface area contributed by atoms with Gasteiger partial charge in [0.1, 0.15) is 0 Å². The maximum atomic E-state index is 11.0. The van der Waals surface area contributed by atoms with Gasteiger partial charge < -0.3 is 15.9 Å². The molecule has 1 fully saturated rings. The van der Waals surface area contributed by atoms with Crippen LogP contribution in [0.3, 0.4) is 0 Å². The van der Waals surface area contributed by atoms with Crippen molar-refractivity contribution in [3.8, 4) is 0 Å². The van der Waals surface area contributed by atoms with Crippen LogP contribution in [0.5, 0.6) is 0 Å². The van der Waals surface area contributed by atoms with Gasteiger partial charge in [-0.2, -0.15) is 0 Å². The zero-order chi connectivity index (χ0) is 10.7. The highest BCUT2D eigenvalue weighted by Crippen LogP contribution is 2.08. The van der Waals surface area contributed by atoms with Crippen molar-refractivity contribution in [3.05, 3.63) is 0 Å². The fraction of sp³-hybridized carbons (Fsp3) is 0.714. The second-order valence-corrected chi connectivity index (χ2v) is 3.24. The molecule has 1 heterocycles. The summed E-state index contributed by atoms with van der Waals surface area (Å²) in [5.41, 5.74) is 4.73. The lowest BCUT2D eigenvalue weighted by Gasteiger charge is -2.12. The van der Waals surface area contributed by atoms with Gasteiger partial charge in [-0.1, -0.05) is 0 Å². The number of carbonyl (C=O) groups excluding carboxylic acids is 2. The molecule has 2 atom stereocenters. The van der Waals surface area contributed by atoms with Crippen LogP contribution >= 0.6 is 0 Å². The van der Waals surface area contributed by atoms with Gasteiger partial charge in [0.2, 0.25) is 5.91 Å². The normalized spacial score (nSPS) is 27.6. The zero-order valence-corrected chi connectivity index (χ0v) is 7.51. The molecule has 0 aliphatic carbocycles. The number of carbonyl (C=O) groups is 2. The number of aliphatic hydroxyl groups excluding tert-OH is 2. The zero-order valence-electron chi connectivity index (χ0n) is 7.51. The summed E-state index contributed by atoms with van der Waals surface area (Å²) in [4.78, 5) is 22.8. The second-order valence-electron chi connectivity index (χ2n) is 3.24. The number of imide groups is 1. The minimum Gasteiger partial charge on any atom is -0.389 e. The number of aliphatic hydroxyl groups is 2. The van der Waals surface area contributed by atoms with E-state index in [4.69, 9.17) is 15.9 Å². The molecule has 7 nitrogen and oxygen atoms in total. The fourth-order valence-electron chi connectivity index (χ4n) is 1.36. The number of nitrogens with zero attached hydrogens (tertiary/aromatic N) is 1. The van der Waals surface area contributed by atoms with E-state index < -0.39 is 24.1 Å². The van der Waals surface area contributed by atoms with E-state index in [2.05, 4.69) is 0 Å². The van der Waals surface area contributed by atoms with Gasteiger partial charge in [-0.15, -0.1) is 0 Å². The molecule has 80 valence electrons. The highest BCUT2D eigenvalue weighted by atomic mass is 16.3. The molecule has 0 aromatic carbocycles. The van der Waals surface area contributed by atoms with Crippen molar-refractivity contribution in [2.45, 2.75) is 12.2 Å². The van der Waals surface area contributed by atoms with Crippen LogP contribution in [-0.4, -0.2) is 58.9 Å². The van der Waals surface area contributed by atoms with E-state index in [1.165, 1.54) is 4.90 Å². The fourth-order valence-corrected chi connectivity index (χ4v) is 1.36. The van der Waals surface area contributed by atoms with Crippen molar-refractivity contribution in [1.29, 1.82) is 0 Å². The van der Waals surface area contributed by atoms with Crippen LogP contribution < -0.4 is 11.1 Å². The number of urea groups is 1. The summed E-state index contributed by atoms with van der Waals surface area (Å²) < 4.78 is 0. The summed E-state index contributed by atoms with van der Waals surface area (Å²) in [5.74, 6) is -0.543. The minimum absolute atomic E-state index is 0.0585. The smallest absolute Gasteiger partial charge is 0.318 e. The van der Waals surface area contributed by atoms with Crippen molar-refractivity contribution in [2.24, 2.45) is 5.73 Å². The first kappa shape index (κ1) is 10.9. The maximum absolute atomic E-state index is 11.0. The van der Waals surface area contributed by atoms with Gasteiger partial charge in [0, 0.05) is 13.1 Å². The van der Waals surface area contributed by atoms with Crippen LogP contribution in [0.4, 0.5) is 4.79 Å². The third-order valence-corrected chi connectivity index (χ3v) is 1.96. The first-order chi connectivity index (χ1) is 6.49. The molecule has 1 rings (SSSR count). The summed E-state index contributed by atoms with van der Waals surface area (Å²) in [6.07, 6.45) is -1.67. The highest BCUT2D eigenvalue weighted by Gasteiger charge is 2.30. The Hall–Kier alpha value is -1.18. The van der Waals surface area contributed by atoms with Crippen LogP contribution in [0, 0.1) is 0 Å². The molecular formula is C7H13N3O4. The number of nitrogens with one attached hydrogen (secondary N) is 1. The van der Waals surface area contributed by atoms with Crippen molar-refractivity contribution in [3.63, 3.8) is 0 Å². The van der Waals surface area contributed by atoms with E-state index in [9.17, 15) is 9.59 Å². The number of nitrogens with two attached hydrogens (primary N) is 1. The molecular weight excluding hydrogens is 190 g/mol. The van der Waals surface area contributed by atoms with Gasteiger partial charge in [0.15, 0.2) is 0 Å². The van der Waals surface area contributed by atoms with E-state index in [0.717, 1.165) is 0 Å². The van der Waals surface area contributed by atoms with Gasteiger partial charge in [-0.25, -0.2) is 4.79 Å². The van der Waals surface area contributed by atoms with Crippen molar-refractivity contribution < 1.29 is 19.8 Å². The van der Waals surface area contributed by atoms with Crippen LogP contribution in [0.2, 0.25) is 0 Å². The number of likely N-dealkylation sites (tertiary alicyclic amines) is 1. The third kappa shape index (κ3) is 2.95. The predicted octanol–water partition coefficient (Wildman–Crippen LogP) is -2.78. The number of primary amides is 1. The first-order valence-corrected chi connectivity index (χ1v) is 4.17. The Labute approximate surface area is 80.5 Å². The molecule has 5 N–H and O–H groups in total. The molecule has 1 saturated heterocycles. The quantitative estimate of drug-likeness (QED) is 0.387. The lowest BCUT2D eigenvalue weighted by molar-refractivity contribution is -0.120. The standard InChI is InChI=1S/C7H13N3O4/c8-7(14)9-6(13)3-10-1-4(11)5(12)2-10/h4-5,11-12H,1-3H2,(H3,8,9,13,14). The number of rotatable bonds is 2. The number of hydrogen-bond acceptors (Lipinski definition) is 5. The highest BCUT2D eigenvalue weighted by molar-refractivity contribution is 5.94. The van der Waals surface area contributed by atoms with Gasteiger partial charge in [0.25, 0.3) is 0 Å². The average molecular weight is 203 g/mol. The maximum Gasteiger partial charge on any atom is 0.318 e. The summed E-state index contributed by atoms with van der Waals surface area (Å²) in [6.45, 7) is 0.373. The van der Waals surface area contributed by atoms with Crippen LogP contribution in [-0.2, 0) is 4.79 Å². The molecule has 14 heavy (non-hydrogen) atoms. The molecule has 1 aliphatic heterocycles. The molecule has 7 heteroatoms. The molecule has 3 amide bonds. The van der Waals surface area contributed by atoms with Crippen molar-refractivity contribution in [2.75, 3.05) is 19.6 Å². The SMILES string of the molecule is NC(=O)NC(=O)CN1CC(O)C(O)C1. The average Bonchev–Trinajstić information content (AvgIpc) is 2.28. The summed E-state index contributed by atoms with van der Waals surface area (Å²) in [6, 6.07) is -0.907. The van der Waals surface area contributed by atoms with Crippen LogP contribution in [0.15, 0.2) is 0 Å². The van der Waals surface area contributed by atoms with E-state index in [1.54, 1.807) is 0 Å². The lowest BCUT2D eigenvalue weighted by Crippen LogP contribution is -2.42. The molecule has 0 spiro atoms. The summed E-state index contributed by atoms with van der Waals surface area (Å²) in [5, 5.41) is 20.2. The third-order valence-electron chi connectivity index (χ3n) is 1.96. The molecule has 1 aliphatic rings. The van der Waals surface area contributed by atoms with Gasteiger partial charge in [-0.05, 0) is 0 Å². The Bertz CT molecular complexity index is 235. The topological polar surface area (TPSA) is 116 Å². The van der Waals surface area contributed by atoms with E-state index in [1.807, 2.05) is 5.32 Å². The molecule has 0 aromatic rings. The van der Waals surface area contributed by atoms with E-state index in [0.29, 0.717) is 0 Å². The second kappa shape index (κ2) is 4.36. The number of amides is 3. The summed E-state index contributed by atoms with van der Waals surface area (Å²) in [7, 11) is 0. The Morgan fingerprint density at radius 3 is 2.29 bits per heavy atom.